The lowest BCUT2D eigenvalue weighted by molar-refractivity contribution is -0.117. The molecule has 1 unspecified atom stereocenters. The number of aromatic nitrogens is 1. The molecule has 0 aliphatic carbocycles. The summed E-state index contributed by atoms with van der Waals surface area (Å²) >= 11 is 1.32. The number of Topliss-reactive ketones (excluding diaryl/α,β-unsaturated/α-hetero) is 1. The Balaban J connectivity index is 1.68. The molecule has 1 N–H and O–H groups in total. The van der Waals surface area contributed by atoms with E-state index in [0.29, 0.717) is 33.2 Å². The Morgan fingerprint density at radius 3 is 2.57 bits per heavy atom. The maximum absolute atomic E-state index is 13.8. The number of rotatable bonds is 6. The second-order valence-electron chi connectivity index (χ2n) is 8.07. The summed E-state index contributed by atoms with van der Waals surface area (Å²) in [6.07, 6.45) is 0. The van der Waals surface area contributed by atoms with Crippen molar-refractivity contribution < 1.29 is 28.6 Å². The molecule has 0 saturated heterocycles. The molecular weight excluding hydrogens is 468 g/mol. The first-order valence-corrected chi connectivity index (χ1v) is 11.6. The topological polar surface area (TPSA) is 102 Å². The van der Waals surface area contributed by atoms with Gasteiger partial charge in [-0.1, -0.05) is 24.3 Å². The van der Waals surface area contributed by atoms with Gasteiger partial charge in [-0.3, -0.25) is 14.5 Å². The van der Waals surface area contributed by atoms with E-state index in [1.165, 1.54) is 30.5 Å². The third-order valence-electron chi connectivity index (χ3n) is 6.04. The molecule has 9 heteroatoms. The fourth-order valence-corrected chi connectivity index (χ4v) is 5.10. The maximum atomic E-state index is 13.8. The standard InChI is InChI=1S/C26H22N2O6S/c1-13-14(2)35-26(27-13)28-21(15-7-5-9-17(11-15)32-3)20(23(30)25(28)31)22(29)19-12-16-8-6-10-18(33-4)24(16)34-19/h5-12,21,30H,1-4H3. The number of aliphatic hydroxyl groups excluding tert-OH is 1. The Morgan fingerprint density at radius 2 is 1.89 bits per heavy atom. The van der Waals surface area contributed by atoms with Gasteiger partial charge >= 0.3 is 0 Å². The largest absolute Gasteiger partial charge is 0.503 e. The number of amides is 1. The molecule has 2 aromatic heterocycles. The molecule has 4 aromatic rings. The average Bonchev–Trinajstić information content (AvgIpc) is 3.52. The number of ketones is 1. The predicted octanol–water partition coefficient (Wildman–Crippen LogP) is 5.31. The molecular formula is C26H22N2O6S. The van der Waals surface area contributed by atoms with Crippen molar-refractivity contribution in [2.24, 2.45) is 0 Å². The molecule has 1 atom stereocenters. The van der Waals surface area contributed by atoms with Crippen LogP contribution in [0.3, 0.4) is 0 Å². The first-order chi connectivity index (χ1) is 16.8. The summed E-state index contributed by atoms with van der Waals surface area (Å²) in [6, 6.07) is 13.0. The van der Waals surface area contributed by atoms with Crippen molar-refractivity contribution in [2.45, 2.75) is 19.9 Å². The first-order valence-electron chi connectivity index (χ1n) is 10.8. The molecule has 3 heterocycles. The summed E-state index contributed by atoms with van der Waals surface area (Å²) < 4.78 is 16.6. The van der Waals surface area contributed by atoms with E-state index in [1.807, 2.05) is 13.8 Å². The van der Waals surface area contributed by atoms with Gasteiger partial charge in [-0.15, -0.1) is 11.3 Å². The molecule has 178 valence electrons. The number of fused-ring (bicyclic) bond motifs is 1. The lowest BCUT2D eigenvalue weighted by atomic mass is 9.95. The normalized spacial score (nSPS) is 15.8. The summed E-state index contributed by atoms with van der Waals surface area (Å²) in [5, 5.41) is 12.0. The summed E-state index contributed by atoms with van der Waals surface area (Å²) in [4.78, 5) is 33.9. The molecule has 0 radical (unpaired) electrons. The van der Waals surface area contributed by atoms with E-state index in [9.17, 15) is 14.7 Å². The van der Waals surface area contributed by atoms with Crippen molar-refractivity contribution >= 4 is 39.1 Å². The van der Waals surface area contributed by atoms with Crippen LogP contribution in [0.1, 0.15) is 32.7 Å². The van der Waals surface area contributed by atoms with Crippen LogP contribution in [0.25, 0.3) is 11.0 Å². The summed E-state index contributed by atoms with van der Waals surface area (Å²) in [6.45, 7) is 3.75. The smallest absolute Gasteiger partial charge is 0.296 e. The number of carbonyl (C=O) groups excluding carboxylic acids is 2. The van der Waals surface area contributed by atoms with Crippen molar-refractivity contribution in [3.63, 3.8) is 0 Å². The molecule has 0 fully saturated rings. The molecule has 2 aromatic carbocycles. The summed E-state index contributed by atoms with van der Waals surface area (Å²) in [5.41, 5.74) is 1.67. The molecule has 0 spiro atoms. The summed E-state index contributed by atoms with van der Waals surface area (Å²) in [5.74, 6) is -0.936. The Labute approximate surface area is 205 Å². The van der Waals surface area contributed by atoms with Crippen molar-refractivity contribution in [3.05, 3.63) is 81.8 Å². The van der Waals surface area contributed by atoms with Gasteiger partial charge in [-0.2, -0.15) is 0 Å². The van der Waals surface area contributed by atoms with Gasteiger partial charge in [0.1, 0.15) is 5.75 Å². The van der Waals surface area contributed by atoms with Crippen LogP contribution in [-0.4, -0.2) is 36.0 Å². The Bertz CT molecular complexity index is 1500. The van der Waals surface area contributed by atoms with Gasteiger partial charge in [0.25, 0.3) is 5.91 Å². The van der Waals surface area contributed by atoms with Gasteiger partial charge < -0.3 is 19.0 Å². The zero-order chi connectivity index (χ0) is 24.9. The van der Waals surface area contributed by atoms with Crippen molar-refractivity contribution in [1.29, 1.82) is 0 Å². The minimum Gasteiger partial charge on any atom is -0.503 e. The monoisotopic (exact) mass is 490 g/mol. The van der Waals surface area contributed by atoms with Crippen LogP contribution >= 0.6 is 11.3 Å². The van der Waals surface area contributed by atoms with E-state index in [-0.39, 0.29) is 11.3 Å². The fraction of sp³-hybridized carbons (Fsp3) is 0.192. The van der Waals surface area contributed by atoms with E-state index < -0.39 is 23.5 Å². The molecule has 35 heavy (non-hydrogen) atoms. The van der Waals surface area contributed by atoms with Crippen LogP contribution in [0, 0.1) is 13.8 Å². The van der Waals surface area contributed by atoms with Crippen LogP contribution in [0.2, 0.25) is 0 Å². The van der Waals surface area contributed by atoms with Crippen LogP contribution in [0.5, 0.6) is 11.5 Å². The number of thiazole rings is 1. The van der Waals surface area contributed by atoms with Gasteiger partial charge in [0.05, 0.1) is 31.5 Å². The zero-order valence-electron chi connectivity index (χ0n) is 19.5. The van der Waals surface area contributed by atoms with Crippen LogP contribution in [-0.2, 0) is 4.79 Å². The van der Waals surface area contributed by atoms with Crippen molar-refractivity contribution in [3.8, 4) is 11.5 Å². The average molecular weight is 491 g/mol. The molecule has 1 aliphatic rings. The second kappa shape index (κ2) is 8.59. The number of carbonyl (C=O) groups is 2. The molecule has 0 bridgehead atoms. The number of nitrogens with zero attached hydrogens (tertiary/aromatic N) is 2. The minimum absolute atomic E-state index is 0.0138. The van der Waals surface area contributed by atoms with Gasteiger partial charge in [0.2, 0.25) is 5.78 Å². The van der Waals surface area contributed by atoms with Gasteiger partial charge in [0, 0.05) is 10.3 Å². The van der Waals surface area contributed by atoms with Gasteiger partial charge in [0.15, 0.2) is 28.0 Å². The quantitative estimate of drug-likeness (QED) is 0.366. The number of aliphatic hydroxyl groups is 1. The molecule has 5 rings (SSSR count). The maximum Gasteiger partial charge on any atom is 0.296 e. The highest BCUT2D eigenvalue weighted by Gasteiger charge is 2.46. The van der Waals surface area contributed by atoms with Crippen molar-refractivity contribution in [1.82, 2.24) is 4.98 Å². The van der Waals surface area contributed by atoms with Gasteiger partial charge in [-0.25, -0.2) is 4.98 Å². The van der Waals surface area contributed by atoms with Crippen molar-refractivity contribution in [2.75, 3.05) is 19.1 Å². The highest BCUT2D eigenvalue weighted by Crippen LogP contribution is 2.44. The third-order valence-corrected chi connectivity index (χ3v) is 7.11. The van der Waals surface area contributed by atoms with E-state index in [4.69, 9.17) is 13.9 Å². The van der Waals surface area contributed by atoms with Gasteiger partial charge in [-0.05, 0) is 43.7 Å². The Hall–Kier alpha value is -4.11. The number of ether oxygens (including phenoxy) is 2. The number of para-hydroxylation sites is 1. The number of anilines is 1. The Morgan fingerprint density at radius 1 is 1.11 bits per heavy atom. The van der Waals surface area contributed by atoms with E-state index in [2.05, 4.69) is 4.98 Å². The predicted molar refractivity (Wildman–Crippen MR) is 132 cm³/mol. The van der Waals surface area contributed by atoms with Crippen LogP contribution in [0.4, 0.5) is 5.13 Å². The zero-order valence-corrected chi connectivity index (χ0v) is 20.3. The van der Waals surface area contributed by atoms with E-state index >= 15 is 0 Å². The number of furan rings is 1. The van der Waals surface area contributed by atoms with Crippen LogP contribution < -0.4 is 14.4 Å². The number of benzene rings is 2. The fourth-order valence-electron chi connectivity index (χ4n) is 4.16. The number of aryl methyl sites for hydroxylation is 2. The second-order valence-corrected chi connectivity index (χ2v) is 9.25. The lowest BCUT2D eigenvalue weighted by Crippen LogP contribution is -2.31. The lowest BCUT2D eigenvalue weighted by Gasteiger charge is -2.24. The highest BCUT2D eigenvalue weighted by atomic mass is 32.1. The molecule has 0 saturated carbocycles. The SMILES string of the molecule is COc1cccc(C2C(C(=O)c3cc4cccc(OC)c4o3)=C(O)C(=O)N2c2nc(C)c(C)s2)c1. The third kappa shape index (κ3) is 3.64. The minimum atomic E-state index is -0.926. The summed E-state index contributed by atoms with van der Waals surface area (Å²) in [7, 11) is 3.04. The number of methoxy groups -OCH3 is 2. The first kappa shape index (κ1) is 22.7. The highest BCUT2D eigenvalue weighted by molar-refractivity contribution is 7.15. The molecule has 8 nitrogen and oxygen atoms in total. The Kier molecular flexibility index (Phi) is 5.56. The molecule has 1 aliphatic heterocycles. The molecule has 1 amide bonds. The van der Waals surface area contributed by atoms with Crippen LogP contribution in [0.15, 0.2) is 64.3 Å². The number of hydrogen-bond acceptors (Lipinski definition) is 8. The van der Waals surface area contributed by atoms with E-state index in [1.54, 1.807) is 48.5 Å². The number of hydrogen-bond donors (Lipinski definition) is 1. The van der Waals surface area contributed by atoms with E-state index in [0.717, 1.165) is 10.6 Å².